The molecule has 25 heavy (non-hydrogen) atoms. The van der Waals surface area contributed by atoms with Crippen LogP contribution in [0.2, 0.25) is 0 Å². The zero-order chi connectivity index (χ0) is 17.6. The van der Waals surface area contributed by atoms with Gasteiger partial charge in [0.1, 0.15) is 18.3 Å². The van der Waals surface area contributed by atoms with Crippen molar-refractivity contribution in [3.63, 3.8) is 0 Å². The van der Waals surface area contributed by atoms with Gasteiger partial charge in [0.15, 0.2) is 0 Å². The Morgan fingerprint density at radius 2 is 1.16 bits per heavy atom. The first-order valence-electron chi connectivity index (χ1n) is 8.24. The van der Waals surface area contributed by atoms with Crippen LogP contribution in [0.15, 0.2) is 60.7 Å². The number of carbonyl (C=O) groups excluding carboxylic acids is 2. The first-order chi connectivity index (χ1) is 12.2. The standard InChI is InChI=1S/C20H20O5/c1-23-18-16(24-19(21)14-8-4-2-5-9-14)12-13-17(18)25-20(22)15-10-6-3-7-11-15/h2-11,16-18H,12-13H2,1H3. The minimum absolute atomic E-state index is 0.400. The Hall–Kier alpha value is -2.66. The van der Waals surface area contributed by atoms with Gasteiger partial charge in [-0.25, -0.2) is 9.59 Å². The molecule has 3 rings (SSSR count). The highest BCUT2D eigenvalue weighted by Gasteiger charge is 2.41. The maximum Gasteiger partial charge on any atom is 0.338 e. The molecule has 1 fully saturated rings. The first kappa shape index (κ1) is 17.2. The van der Waals surface area contributed by atoms with Gasteiger partial charge >= 0.3 is 11.9 Å². The van der Waals surface area contributed by atoms with Crippen LogP contribution < -0.4 is 0 Å². The minimum atomic E-state index is -0.472. The second-order valence-corrected chi connectivity index (χ2v) is 5.90. The Balaban J connectivity index is 1.62. The van der Waals surface area contributed by atoms with Gasteiger partial charge in [-0.1, -0.05) is 36.4 Å². The van der Waals surface area contributed by atoms with Gasteiger partial charge in [0.05, 0.1) is 11.1 Å². The molecule has 0 N–H and O–H groups in total. The molecular formula is C20H20O5. The summed E-state index contributed by atoms with van der Waals surface area (Å²) in [5.41, 5.74) is 0.976. The van der Waals surface area contributed by atoms with Crippen LogP contribution in [0, 0.1) is 0 Å². The number of rotatable bonds is 5. The summed E-state index contributed by atoms with van der Waals surface area (Å²) in [6.07, 6.45) is -0.175. The van der Waals surface area contributed by atoms with E-state index < -0.39 is 30.3 Å². The zero-order valence-corrected chi connectivity index (χ0v) is 14.0. The molecule has 0 amide bonds. The van der Waals surface area contributed by atoms with Crippen LogP contribution in [0.1, 0.15) is 33.6 Å². The van der Waals surface area contributed by atoms with Crippen molar-refractivity contribution in [2.24, 2.45) is 0 Å². The molecule has 2 aromatic rings. The molecule has 130 valence electrons. The van der Waals surface area contributed by atoms with E-state index in [9.17, 15) is 9.59 Å². The predicted octanol–water partition coefficient (Wildman–Crippen LogP) is 3.25. The molecule has 0 radical (unpaired) electrons. The molecule has 0 aromatic heterocycles. The average molecular weight is 340 g/mol. The van der Waals surface area contributed by atoms with E-state index in [1.165, 1.54) is 7.11 Å². The molecule has 1 aliphatic carbocycles. The summed E-state index contributed by atoms with van der Waals surface area (Å²) in [6, 6.07) is 17.6. The third-order valence-electron chi connectivity index (χ3n) is 4.28. The Morgan fingerprint density at radius 1 is 0.760 bits per heavy atom. The van der Waals surface area contributed by atoms with E-state index in [2.05, 4.69) is 0 Å². The van der Waals surface area contributed by atoms with Crippen LogP contribution in [0.3, 0.4) is 0 Å². The molecule has 0 bridgehead atoms. The van der Waals surface area contributed by atoms with E-state index in [0.29, 0.717) is 24.0 Å². The molecule has 0 saturated heterocycles. The lowest BCUT2D eigenvalue weighted by atomic mass is 10.2. The molecule has 5 nitrogen and oxygen atoms in total. The van der Waals surface area contributed by atoms with Crippen molar-refractivity contribution in [3.05, 3.63) is 71.8 Å². The Labute approximate surface area is 146 Å². The number of hydrogen-bond donors (Lipinski definition) is 0. The fourth-order valence-electron chi connectivity index (χ4n) is 3.01. The predicted molar refractivity (Wildman–Crippen MR) is 91.3 cm³/mol. The van der Waals surface area contributed by atoms with Crippen molar-refractivity contribution < 1.29 is 23.8 Å². The lowest BCUT2D eigenvalue weighted by Crippen LogP contribution is -2.37. The van der Waals surface area contributed by atoms with E-state index in [1.807, 2.05) is 12.1 Å². The number of benzene rings is 2. The molecule has 0 aliphatic heterocycles. The number of hydrogen-bond acceptors (Lipinski definition) is 5. The van der Waals surface area contributed by atoms with Crippen molar-refractivity contribution in [3.8, 4) is 0 Å². The van der Waals surface area contributed by atoms with Crippen molar-refractivity contribution in [1.82, 2.24) is 0 Å². The molecule has 5 heteroatoms. The summed E-state index contributed by atoms with van der Waals surface area (Å²) in [5, 5.41) is 0. The smallest absolute Gasteiger partial charge is 0.338 e. The maximum atomic E-state index is 12.2. The van der Waals surface area contributed by atoms with Gasteiger partial charge < -0.3 is 14.2 Å². The summed E-state index contributed by atoms with van der Waals surface area (Å²) in [4.78, 5) is 24.5. The van der Waals surface area contributed by atoms with Crippen LogP contribution in [0.4, 0.5) is 0 Å². The number of ether oxygens (including phenoxy) is 3. The van der Waals surface area contributed by atoms with Gasteiger partial charge in [-0.3, -0.25) is 0 Å². The number of esters is 2. The van der Waals surface area contributed by atoms with E-state index in [-0.39, 0.29) is 0 Å². The molecule has 0 spiro atoms. The normalized spacial score (nSPS) is 22.4. The third-order valence-corrected chi connectivity index (χ3v) is 4.28. The Bertz CT molecular complexity index is 652. The van der Waals surface area contributed by atoms with Crippen molar-refractivity contribution in [2.75, 3.05) is 7.11 Å². The van der Waals surface area contributed by atoms with Gasteiger partial charge in [-0.2, -0.15) is 0 Å². The van der Waals surface area contributed by atoms with Crippen molar-refractivity contribution >= 4 is 11.9 Å². The summed E-state index contributed by atoms with van der Waals surface area (Å²) in [7, 11) is 1.53. The van der Waals surface area contributed by atoms with Gasteiger partial charge in [0, 0.05) is 7.11 Å². The molecule has 1 saturated carbocycles. The fourth-order valence-corrected chi connectivity index (χ4v) is 3.01. The molecular weight excluding hydrogens is 320 g/mol. The maximum absolute atomic E-state index is 12.2. The highest BCUT2D eigenvalue weighted by atomic mass is 16.6. The van der Waals surface area contributed by atoms with Crippen LogP contribution in [-0.4, -0.2) is 37.4 Å². The molecule has 1 aliphatic rings. The Morgan fingerprint density at radius 3 is 1.52 bits per heavy atom. The van der Waals surface area contributed by atoms with Gasteiger partial charge in [-0.05, 0) is 37.1 Å². The van der Waals surface area contributed by atoms with E-state index in [0.717, 1.165) is 0 Å². The van der Waals surface area contributed by atoms with E-state index in [1.54, 1.807) is 48.5 Å². The monoisotopic (exact) mass is 340 g/mol. The minimum Gasteiger partial charge on any atom is -0.456 e. The molecule has 0 heterocycles. The van der Waals surface area contributed by atoms with Crippen LogP contribution in [0.5, 0.6) is 0 Å². The van der Waals surface area contributed by atoms with Gasteiger partial charge in [-0.15, -0.1) is 0 Å². The summed E-state index contributed by atoms with van der Waals surface area (Å²) < 4.78 is 16.6. The van der Waals surface area contributed by atoms with Gasteiger partial charge in [0.25, 0.3) is 0 Å². The summed E-state index contributed by atoms with van der Waals surface area (Å²) in [5.74, 6) is -0.801. The van der Waals surface area contributed by atoms with Crippen LogP contribution in [0.25, 0.3) is 0 Å². The van der Waals surface area contributed by atoms with Crippen LogP contribution >= 0.6 is 0 Å². The Kier molecular flexibility index (Phi) is 5.46. The average Bonchev–Trinajstić information content (AvgIpc) is 3.04. The quantitative estimate of drug-likeness (QED) is 0.782. The van der Waals surface area contributed by atoms with Crippen molar-refractivity contribution in [2.45, 2.75) is 31.2 Å². The van der Waals surface area contributed by atoms with Crippen LogP contribution in [-0.2, 0) is 14.2 Å². The molecule has 2 atom stereocenters. The molecule has 2 aromatic carbocycles. The molecule has 2 unspecified atom stereocenters. The lowest BCUT2D eigenvalue weighted by Gasteiger charge is -2.23. The summed E-state index contributed by atoms with van der Waals surface area (Å²) in [6.45, 7) is 0. The zero-order valence-electron chi connectivity index (χ0n) is 14.0. The largest absolute Gasteiger partial charge is 0.456 e. The third kappa shape index (κ3) is 4.06. The fraction of sp³-hybridized carbons (Fsp3) is 0.300. The van der Waals surface area contributed by atoms with Crippen molar-refractivity contribution in [1.29, 1.82) is 0 Å². The second kappa shape index (κ2) is 7.94. The second-order valence-electron chi connectivity index (χ2n) is 5.90. The number of methoxy groups -OCH3 is 1. The highest BCUT2D eigenvalue weighted by molar-refractivity contribution is 5.90. The van der Waals surface area contributed by atoms with E-state index >= 15 is 0 Å². The van der Waals surface area contributed by atoms with Gasteiger partial charge in [0.2, 0.25) is 0 Å². The lowest BCUT2D eigenvalue weighted by molar-refractivity contribution is -0.0649. The number of carbonyl (C=O) groups is 2. The SMILES string of the molecule is COC1C(OC(=O)c2ccccc2)CCC1OC(=O)c1ccccc1. The van der Waals surface area contributed by atoms with E-state index in [4.69, 9.17) is 14.2 Å². The topological polar surface area (TPSA) is 61.8 Å². The summed E-state index contributed by atoms with van der Waals surface area (Å²) >= 11 is 0. The highest BCUT2D eigenvalue weighted by Crippen LogP contribution is 2.29. The first-order valence-corrected chi connectivity index (χ1v) is 8.24.